The van der Waals surface area contributed by atoms with Crippen LogP contribution >= 0.6 is 0 Å². The van der Waals surface area contributed by atoms with Crippen molar-refractivity contribution in [3.63, 3.8) is 0 Å². The molecular weight excluding hydrogens is 290 g/mol. The highest BCUT2D eigenvalue weighted by molar-refractivity contribution is 5.88. The van der Waals surface area contributed by atoms with E-state index in [2.05, 4.69) is 6.58 Å². The van der Waals surface area contributed by atoms with Crippen molar-refractivity contribution in [3.05, 3.63) is 60.2 Å². The quantitative estimate of drug-likeness (QED) is 0.484. The molecule has 2 aromatic rings. The summed E-state index contributed by atoms with van der Waals surface area (Å²) in [6, 6.07) is 8.32. The average Bonchev–Trinajstić information content (AvgIpc) is 2.49. The fourth-order valence-corrected chi connectivity index (χ4v) is 1.80. The van der Waals surface area contributed by atoms with E-state index in [0.717, 1.165) is 0 Å². The minimum Gasteiger partial charge on any atom is -0.494 e. The Hall–Kier alpha value is -2.69. The van der Waals surface area contributed by atoms with Crippen molar-refractivity contribution in [1.29, 1.82) is 0 Å². The molecule has 0 unspecified atom stereocenters. The van der Waals surface area contributed by atoms with Crippen LogP contribution in [0.15, 0.2) is 48.6 Å². The summed E-state index contributed by atoms with van der Waals surface area (Å²) in [5.41, 5.74) is 1.10. The summed E-state index contributed by atoms with van der Waals surface area (Å²) in [5, 5.41) is 0. The van der Waals surface area contributed by atoms with Crippen molar-refractivity contribution >= 4 is 5.97 Å². The number of ether oxygens (including phenoxy) is 2. The van der Waals surface area contributed by atoms with E-state index in [0.29, 0.717) is 11.1 Å². The van der Waals surface area contributed by atoms with Crippen molar-refractivity contribution in [2.24, 2.45) is 0 Å². The van der Waals surface area contributed by atoms with Gasteiger partial charge >= 0.3 is 5.97 Å². The summed E-state index contributed by atoms with van der Waals surface area (Å²) in [5.74, 6) is -2.06. The van der Waals surface area contributed by atoms with Gasteiger partial charge in [0.05, 0.1) is 7.11 Å². The maximum atomic E-state index is 14.0. The Morgan fingerprint density at radius 1 is 1.00 bits per heavy atom. The van der Waals surface area contributed by atoms with Crippen LogP contribution in [-0.4, -0.2) is 13.1 Å². The molecule has 0 aromatic heterocycles. The first-order valence-corrected chi connectivity index (χ1v) is 6.43. The van der Waals surface area contributed by atoms with Crippen LogP contribution in [0.5, 0.6) is 11.5 Å². The minimum atomic E-state index is -0.719. The van der Waals surface area contributed by atoms with Crippen molar-refractivity contribution in [2.45, 2.75) is 6.92 Å². The molecule has 0 radical (unpaired) electrons. The number of hydrogen-bond donors (Lipinski definition) is 0. The van der Waals surface area contributed by atoms with Crippen molar-refractivity contribution in [2.75, 3.05) is 7.11 Å². The largest absolute Gasteiger partial charge is 0.494 e. The SMILES string of the molecule is C=C(C)C(=O)Oc1ccc(-c2ccc(OC)c(F)c2)cc1F. The van der Waals surface area contributed by atoms with Gasteiger partial charge in [0.1, 0.15) is 0 Å². The van der Waals surface area contributed by atoms with Gasteiger partial charge in [0.2, 0.25) is 0 Å². The van der Waals surface area contributed by atoms with Crippen molar-refractivity contribution < 1.29 is 23.0 Å². The van der Waals surface area contributed by atoms with Crippen LogP contribution in [0.1, 0.15) is 6.92 Å². The third-order valence-corrected chi connectivity index (χ3v) is 2.97. The molecule has 22 heavy (non-hydrogen) atoms. The molecule has 0 fully saturated rings. The molecule has 0 bridgehead atoms. The number of halogens is 2. The molecule has 0 atom stereocenters. The van der Waals surface area contributed by atoms with Gasteiger partial charge in [-0.3, -0.25) is 0 Å². The molecular formula is C17H14F2O3. The average molecular weight is 304 g/mol. The Morgan fingerprint density at radius 3 is 1.91 bits per heavy atom. The van der Waals surface area contributed by atoms with Gasteiger partial charge in [0, 0.05) is 5.57 Å². The first-order chi connectivity index (χ1) is 10.4. The molecule has 0 aliphatic rings. The zero-order valence-corrected chi connectivity index (χ0v) is 12.2. The third kappa shape index (κ3) is 3.31. The highest BCUT2D eigenvalue weighted by Crippen LogP contribution is 2.29. The van der Waals surface area contributed by atoms with Crippen LogP contribution in [-0.2, 0) is 4.79 Å². The van der Waals surface area contributed by atoms with E-state index in [1.54, 1.807) is 6.07 Å². The summed E-state index contributed by atoms with van der Waals surface area (Å²) >= 11 is 0. The highest BCUT2D eigenvalue weighted by atomic mass is 19.1. The zero-order valence-electron chi connectivity index (χ0n) is 12.2. The Bertz CT molecular complexity index is 739. The monoisotopic (exact) mass is 304 g/mol. The molecule has 0 saturated carbocycles. The summed E-state index contributed by atoms with van der Waals surface area (Å²) < 4.78 is 37.3. The maximum Gasteiger partial charge on any atom is 0.338 e. The molecule has 2 rings (SSSR count). The van der Waals surface area contributed by atoms with E-state index in [9.17, 15) is 13.6 Å². The first-order valence-electron chi connectivity index (χ1n) is 6.43. The maximum absolute atomic E-state index is 14.0. The van der Waals surface area contributed by atoms with Gasteiger partial charge in [-0.25, -0.2) is 13.6 Å². The van der Waals surface area contributed by atoms with Crippen LogP contribution < -0.4 is 9.47 Å². The second-order valence-corrected chi connectivity index (χ2v) is 4.66. The Balaban J connectivity index is 2.31. The predicted octanol–water partition coefficient (Wildman–Crippen LogP) is 4.12. The molecule has 3 nitrogen and oxygen atoms in total. The van der Waals surface area contributed by atoms with Crippen LogP contribution in [0.3, 0.4) is 0 Å². The van der Waals surface area contributed by atoms with Gasteiger partial charge in [-0.05, 0) is 42.3 Å². The summed E-state index contributed by atoms with van der Waals surface area (Å²) in [7, 11) is 1.36. The second kappa shape index (κ2) is 6.39. The Morgan fingerprint density at radius 2 is 1.50 bits per heavy atom. The first kappa shape index (κ1) is 15.7. The fraction of sp³-hybridized carbons (Fsp3) is 0.118. The molecule has 0 heterocycles. The van der Waals surface area contributed by atoms with Crippen molar-refractivity contribution in [3.8, 4) is 22.6 Å². The zero-order chi connectivity index (χ0) is 16.3. The number of carbonyl (C=O) groups is 1. The number of esters is 1. The predicted molar refractivity (Wildman–Crippen MR) is 78.8 cm³/mol. The van der Waals surface area contributed by atoms with E-state index in [1.165, 1.54) is 44.4 Å². The lowest BCUT2D eigenvalue weighted by Gasteiger charge is -2.08. The lowest BCUT2D eigenvalue weighted by Crippen LogP contribution is -2.09. The molecule has 0 amide bonds. The lowest BCUT2D eigenvalue weighted by atomic mass is 10.0. The van der Waals surface area contributed by atoms with Gasteiger partial charge in [-0.15, -0.1) is 0 Å². The van der Waals surface area contributed by atoms with Gasteiger partial charge in [-0.1, -0.05) is 18.7 Å². The number of methoxy groups -OCH3 is 1. The molecule has 0 aliphatic heterocycles. The molecule has 114 valence electrons. The smallest absolute Gasteiger partial charge is 0.338 e. The van der Waals surface area contributed by atoms with E-state index < -0.39 is 17.6 Å². The lowest BCUT2D eigenvalue weighted by molar-refractivity contribution is -0.130. The van der Waals surface area contributed by atoms with E-state index in [4.69, 9.17) is 9.47 Å². The number of carbonyl (C=O) groups excluding carboxylic acids is 1. The summed E-state index contributed by atoms with van der Waals surface area (Å²) in [4.78, 5) is 11.4. The topological polar surface area (TPSA) is 35.5 Å². The van der Waals surface area contributed by atoms with Crippen LogP contribution in [0.2, 0.25) is 0 Å². The highest BCUT2D eigenvalue weighted by Gasteiger charge is 2.12. The Kier molecular flexibility index (Phi) is 4.56. The van der Waals surface area contributed by atoms with Crippen molar-refractivity contribution in [1.82, 2.24) is 0 Å². The summed E-state index contributed by atoms with van der Waals surface area (Å²) in [6.45, 7) is 4.89. The fourth-order valence-electron chi connectivity index (χ4n) is 1.80. The standard InChI is InChI=1S/C17H14F2O3/c1-10(2)17(20)22-16-7-5-12(9-14(16)19)11-4-6-15(21-3)13(18)8-11/h4-9H,1H2,2-3H3. The molecule has 5 heteroatoms. The second-order valence-electron chi connectivity index (χ2n) is 4.66. The van der Waals surface area contributed by atoms with Crippen LogP contribution in [0.4, 0.5) is 8.78 Å². The van der Waals surface area contributed by atoms with E-state index >= 15 is 0 Å². The number of hydrogen-bond acceptors (Lipinski definition) is 3. The summed E-state index contributed by atoms with van der Waals surface area (Å²) in [6.07, 6.45) is 0. The molecule has 2 aromatic carbocycles. The van der Waals surface area contributed by atoms with Gasteiger partial charge < -0.3 is 9.47 Å². The number of benzene rings is 2. The van der Waals surface area contributed by atoms with E-state index in [-0.39, 0.29) is 17.1 Å². The van der Waals surface area contributed by atoms with Gasteiger partial charge in [0.15, 0.2) is 23.1 Å². The van der Waals surface area contributed by atoms with Crippen LogP contribution in [0, 0.1) is 11.6 Å². The Labute approximate surface area is 126 Å². The van der Waals surface area contributed by atoms with Crippen LogP contribution in [0.25, 0.3) is 11.1 Å². The molecule has 0 N–H and O–H groups in total. The molecule has 0 aliphatic carbocycles. The molecule has 0 spiro atoms. The minimum absolute atomic E-state index is 0.108. The third-order valence-electron chi connectivity index (χ3n) is 2.97. The van der Waals surface area contributed by atoms with E-state index in [1.807, 2.05) is 0 Å². The van der Waals surface area contributed by atoms with Gasteiger partial charge in [-0.2, -0.15) is 0 Å². The van der Waals surface area contributed by atoms with Gasteiger partial charge in [0.25, 0.3) is 0 Å². The number of rotatable bonds is 4. The normalized spacial score (nSPS) is 10.2. The molecule has 0 saturated heterocycles.